The van der Waals surface area contributed by atoms with E-state index in [1.54, 1.807) is 31.2 Å². The van der Waals surface area contributed by atoms with Crippen molar-refractivity contribution in [3.8, 4) is 6.07 Å². The van der Waals surface area contributed by atoms with Crippen LogP contribution in [0.4, 0.5) is 5.69 Å². The molecule has 1 aromatic carbocycles. The molecular weight excluding hydrogens is 373 g/mol. The Balaban J connectivity index is 2.22. The molecule has 6 nitrogen and oxygen atoms in total. The van der Waals surface area contributed by atoms with Gasteiger partial charge in [0.25, 0.3) is 5.91 Å². The highest BCUT2D eigenvalue weighted by Crippen LogP contribution is 2.34. The lowest BCUT2D eigenvalue weighted by Gasteiger charge is -2.08. The van der Waals surface area contributed by atoms with Gasteiger partial charge in [0.1, 0.15) is 5.02 Å². The van der Waals surface area contributed by atoms with E-state index in [4.69, 9.17) is 45.8 Å². The third kappa shape index (κ3) is 3.77. The number of hydrazone groups is 1. The predicted octanol–water partition coefficient (Wildman–Crippen LogP) is 3.65. The number of anilines is 1. The largest absolute Gasteiger partial charge is 0.396 e. The van der Waals surface area contributed by atoms with Crippen molar-refractivity contribution in [3.63, 3.8) is 0 Å². The first-order chi connectivity index (χ1) is 11.3. The summed E-state index contributed by atoms with van der Waals surface area (Å²) in [6.07, 6.45) is 0. The van der Waals surface area contributed by atoms with Crippen molar-refractivity contribution in [2.45, 2.75) is 6.92 Å². The quantitative estimate of drug-likeness (QED) is 0.480. The lowest BCUT2D eigenvalue weighted by molar-refractivity contribution is 0.0950. The Labute approximate surface area is 152 Å². The lowest BCUT2D eigenvalue weighted by atomic mass is 10.1. The number of carbonyl (C=O) groups is 1. The van der Waals surface area contributed by atoms with E-state index in [1.165, 1.54) is 0 Å². The zero-order valence-electron chi connectivity index (χ0n) is 12.3. The van der Waals surface area contributed by atoms with Crippen LogP contribution in [0.15, 0.2) is 29.4 Å². The molecule has 0 atom stereocenters. The summed E-state index contributed by atoms with van der Waals surface area (Å²) in [5, 5.41) is 12.5. The number of nitrogen functional groups attached to an aromatic ring is 1. The van der Waals surface area contributed by atoms with Crippen LogP contribution in [0.1, 0.15) is 28.5 Å². The van der Waals surface area contributed by atoms with E-state index in [-0.39, 0.29) is 26.6 Å². The Bertz CT molecular complexity index is 872. The predicted molar refractivity (Wildman–Crippen MR) is 94.5 cm³/mol. The van der Waals surface area contributed by atoms with Crippen LogP contribution in [0.25, 0.3) is 0 Å². The molecule has 0 spiro atoms. The Morgan fingerprint density at radius 1 is 1.25 bits per heavy atom. The smallest absolute Gasteiger partial charge is 0.291 e. The van der Waals surface area contributed by atoms with Gasteiger partial charge in [0.2, 0.25) is 0 Å². The minimum atomic E-state index is -0.682. The second-order valence-corrected chi connectivity index (χ2v) is 5.73. The number of nitrogens with one attached hydrogen (secondary N) is 1. The van der Waals surface area contributed by atoms with Crippen LogP contribution in [0.3, 0.4) is 0 Å². The van der Waals surface area contributed by atoms with Crippen molar-refractivity contribution in [2.24, 2.45) is 5.10 Å². The molecule has 2 rings (SSSR count). The Morgan fingerprint density at radius 2 is 1.88 bits per heavy atom. The summed E-state index contributed by atoms with van der Waals surface area (Å²) in [6.45, 7) is 1.69. The topological polar surface area (TPSA) is 104 Å². The first-order valence-electron chi connectivity index (χ1n) is 6.50. The minimum absolute atomic E-state index is 0.0181. The minimum Gasteiger partial charge on any atom is -0.396 e. The van der Waals surface area contributed by atoms with Gasteiger partial charge in [0.05, 0.1) is 28.1 Å². The molecule has 0 aliphatic heterocycles. The van der Waals surface area contributed by atoms with Crippen LogP contribution in [-0.4, -0.2) is 16.6 Å². The third-order valence-corrected chi connectivity index (χ3v) is 4.18. The molecule has 1 amide bonds. The van der Waals surface area contributed by atoms with Gasteiger partial charge in [-0.3, -0.25) is 4.79 Å². The van der Waals surface area contributed by atoms with Gasteiger partial charge in [0.15, 0.2) is 10.8 Å². The molecule has 0 unspecified atom stereocenters. The fourth-order valence-electron chi connectivity index (χ4n) is 1.72. The van der Waals surface area contributed by atoms with E-state index < -0.39 is 5.91 Å². The molecule has 0 saturated carbocycles. The number of aromatic nitrogens is 1. The SMILES string of the molecule is CC(=NNC(=O)c1nc(Cl)c(Cl)c(N)c1Cl)c1ccc(C#N)cc1. The van der Waals surface area contributed by atoms with Crippen LogP contribution >= 0.6 is 34.8 Å². The fraction of sp³-hybridized carbons (Fsp3) is 0.0667. The number of nitrogens with two attached hydrogens (primary N) is 1. The van der Waals surface area contributed by atoms with Crippen LogP contribution < -0.4 is 11.2 Å². The molecule has 24 heavy (non-hydrogen) atoms. The maximum absolute atomic E-state index is 12.2. The number of nitriles is 1. The van der Waals surface area contributed by atoms with E-state index in [1.807, 2.05) is 6.07 Å². The molecule has 2 aromatic rings. The van der Waals surface area contributed by atoms with Crippen molar-refractivity contribution in [1.29, 1.82) is 5.26 Å². The molecule has 9 heteroatoms. The summed E-state index contributed by atoms with van der Waals surface area (Å²) in [4.78, 5) is 16.0. The zero-order valence-corrected chi connectivity index (χ0v) is 14.5. The van der Waals surface area contributed by atoms with Gasteiger partial charge in [0, 0.05) is 0 Å². The molecule has 0 bridgehead atoms. The van der Waals surface area contributed by atoms with Gasteiger partial charge >= 0.3 is 0 Å². The number of amides is 1. The van der Waals surface area contributed by atoms with Crippen LogP contribution in [0, 0.1) is 11.3 Å². The monoisotopic (exact) mass is 381 g/mol. The highest BCUT2D eigenvalue weighted by Gasteiger charge is 2.19. The average molecular weight is 383 g/mol. The van der Waals surface area contributed by atoms with E-state index in [0.29, 0.717) is 11.3 Å². The van der Waals surface area contributed by atoms with Crippen molar-refractivity contribution >= 4 is 52.1 Å². The van der Waals surface area contributed by atoms with E-state index >= 15 is 0 Å². The molecule has 3 N–H and O–H groups in total. The highest BCUT2D eigenvalue weighted by molar-refractivity contribution is 6.46. The summed E-state index contributed by atoms with van der Waals surface area (Å²) in [7, 11) is 0. The van der Waals surface area contributed by atoms with Crippen molar-refractivity contribution in [2.75, 3.05) is 5.73 Å². The summed E-state index contributed by atoms with van der Waals surface area (Å²) in [5.41, 5.74) is 9.56. The number of hydrogen-bond acceptors (Lipinski definition) is 5. The van der Waals surface area contributed by atoms with E-state index in [0.717, 1.165) is 5.56 Å². The highest BCUT2D eigenvalue weighted by atomic mass is 35.5. The van der Waals surface area contributed by atoms with Gasteiger partial charge in [-0.15, -0.1) is 0 Å². The number of pyridine rings is 1. The Kier molecular flexibility index (Phi) is 5.62. The molecule has 1 heterocycles. The zero-order chi connectivity index (χ0) is 17.9. The first-order valence-corrected chi connectivity index (χ1v) is 7.63. The summed E-state index contributed by atoms with van der Waals surface area (Å²) < 4.78 is 0. The molecule has 0 radical (unpaired) electrons. The van der Waals surface area contributed by atoms with E-state index in [9.17, 15) is 4.79 Å². The van der Waals surface area contributed by atoms with Gasteiger partial charge in [-0.05, 0) is 24.6 Å². The van der Waals surface area contributed by atoms with Crippen LogP contribution in [0.5, 0.6) is 0 Å². The Morgan fingerprint density at radius 3 is 2.46 bits per heavy atom. The van der Waals surface area contributed by atoms with E-state index in [2.05, 4.69) is 15.5 Å². The summed E-state index contributed by atoms with van der Waals surface area (Å²) in [6, 6.07) is 8.74. The number of hydrogen-bond donors (Lipinski definition) is 2. The second-order valence-electron chi connectivity index (χ2n) is 4.62. The van der Waals surface area contributed by atoms with Gasteiger partial charge < -0.3 is 5.73 Å². The first kappa shape index (κ1) is 18.0. The summed E-state index contributed by atoms with van der Waals surface area (Å²) in [5.74, 6) is -0.682. The second kappa shape index (κ2) is 7.49. The number of halogens is 3. The molecule has 122 valence electrons. The van der Waals surface area contributed by atoms with Crippen LogP contribution in [-0.2, 0) is 0 Å². The average Bonchev–Trinajstić information content (AvgIpc) is 2.60. The Hall–Kier alpha value is -2.33. The molecule has 1 aromatic heterocycles. The van der Waals surface area contributed by atoms with Gasteiger partial charge in [-0.25, -0.2) is 10.4 Å². The lowest BCUT2D eigenvalue weighted by Crippen LogP contribution is -2.21. The molecular formula is C15H10Cl3N5O. The molecule has 0 aliphatic carbocycles. The number of rotatable bonds is 3. The number of benzene rings is 1. The molecule has 0 saturated heterocycles. The summed E-state index contributed by atoms with van der Waals surface area (Å²) >= 11 is 17.6. The van der Waals surface area contributed by atoms with Crippen molar-refractivity contribution < 1.29 is 4.79 Å². The standard InChI is InChI=1S/C15H10Cl3N5O/c1-7(9-4-2-8(6-19)3-5-9)22-23-15(24)13-10(16)12(20)11(17)14(18)21-13/h2-5H,1H3,(H2,20,21)(H,23,24). The normalized spacial score (nSPS) is 11.0. The maximum atomic E-state index is 12.2. The number of carbonyl (C=O) groups excluding carboxylic acids is 1. The van der Waals surface area contributed by atoms with Crippen LogP contribution in [0.2, 0.25) is 15.2 Å². The third-order valence-electron chi connectivity index (χ3n) is 3.04. The van der Waals surface area contributed by atoms with Crippen molar-refractivity contribution in [1.82, 2.24) is 10.4 Å². The van der Waals surface area contributed by atoms with Gasteiger partial charge in [-0.1, -0.05) is 46.9 Å². The van der Waals surface area contributed by atoms with Crippen molar-refractivity contribution in [3.05, 3.63) is 56.3 Å². The fourth-order valence-corrected chi connectivity index (χ4v) is 2.31. The maximum Gasteiger partial charge on any atom is 0.291 e. The van der Waals surface area contributed by atoms with Gasteiger partial charge in [-0.2, -0.15) is 10.4 Å². The molecule has 0 fully saturated rings. The molecule has 0 aliphatic rings. The number of nitrogens with zero attached hydrogens (tertiary/aromatic N) is 3.